The molecule has 10 heteroatoms. The molecule has 1 atom stereocenters. The number of aryl methyl sites for hydroxylation is 1. The van der Waals surface area contributed by atoms with Crippen LogP contribution in [-0.2, 0) is 14.8 Å². The number of sulfonamides is 1. The molecule has 0 aliphatic heterocycles. The van der Waals surface area contributed by atoms with E-state index in [1.807, 2.05) is 45.9 Å². The molecule has 2 amide bonds. The van der Waals surface area contributed by atoms with Crippen molar-refractivity contribution >= 4 is 75.3 Å². The minimum atomic E-state index is -4.07. The lowest BCUT2D eigenvalue weighted by atomic mass is 9.85. The van der Waals surface area contributed by atoms with Gasteiger partial charge in [-0.25, -0.2) is 12.7 Å². The van der Waals surface area contributed by atoms with Gasteiger partial charge in [-0.1, -0.05) is 56.7 Å². The number of hydrogen-bond acceptors (Lipinski definition) is 4. The van der Waals surface area contributed by atoms with Gasteiger partial charge in [0.25, 0.3) is 15.9 Å². The first-order valence-corrected chi connectivity index (χ1v) is 16.1. The molecule has 0 fully saturated rings. The molecule has 0 unspecified atom stereocenters. The highest BCUT2D eigenvalue weighted by molar-refractivity contribution is 9.14. The van der Waals surface area contributed by atoms with Gasteiger partial charge in [0.15, 0.2) is 0 Å². The summed E-state index contributed by atoms with van der Waals surface area (Å²) >= 11 is 10.6. The molecule has 0 aliphatic rings. The zero-order chi connectivity index (χ0) is 29.1. The molecule has 0 spiro atoms. The fourth-order valence-electron chi connectivity index (χ4n) is 4.19. The van der Waals surface area contributed by atoms with E-state index in [1.54, 1.807) is 41.3 Å². The van der Waals surface area contributed by atoms with E-state index in [9.17, 15) is 18.0 Å². The third-order valence-electron chi connectivity index (χ3n) is 6.14. The Morgan fingerprint density at radius 2 is 1.44 bits per heavy atom. The molecule has 0 aliphatic carbocycles. The second kappa shape index (κ2) is 12.7. The van der Waals surface area contributed by atoms with Crippen molar-refractivity contribution < 1.29 is 18.0 Å². The second-order valence-electron chi connectivity index (χ2n) is 10.6. The highest BCUT2D eigenvalue weighted by Gasteiger charge is 2.35. The summed E-state index contributed by atoms with van der Waals surface area (Å²) in [6, 6.07) is 18.2. The van der Waals surface area contributed by atoms with Crippen LogP contribution in [0.4, 0.5) is 5.69 Å². The molecule has 0 saturated carbocycles. The molecule has 0 N–H and O–H groups in total. The molecule has 0 aromatic heterocycles. The van der Waals surface area contributed by atoms with Gasteiger partial charge in [0.05, 0.1) is 4.90 Å². The Kier molecular flexibility index (Phi) is 10.2. The van der Waals surface area contributed by atoms with Gasteiger partial charge in [0.2, 0.25) is 5.91 Å². The van der Waals surface area contributed by atoms with Crippen LogP contribution in [0.5, 0.6) is 0 Å². The van der Waals surface area contributed by atoms with Gasteiger partial charge in [0, 0.05) is 44.2 Å². The van der Waals surface area contributed by atoms with Crippen molar-refractivity contribution in [2.75, 3.05) is 11.9 Å². The molecule has 3 aromatic rings. The van der Waals surface area contributed by atoms with Crippen molar-refractivity contribution in [3.8, 4) is 0 Å². The SMILES string of the molecule is Cc1ccc(S(=O)(=O)N(C)C(=O)C[C@H](CC(C)(C)C)N(C(=O)c2ccccc2)c2cc(Br)c(Br)c(Br)c2)cc1. The fraction of sp³-hybridized carbons (Fsp3) is 0.310. The molecule has 39 heavy (non-hydrogen) atoms. The van der Waals surface area contributed by atoms with E-state index >= 15 is 0 Å². The van der Waals surface area contributed by atoms with Crippen molar-refractivity contribution in [2.45, 2.75) is 51.5 Å². The number of benzene rings is 3. The van der Waals surface area contributed by atoms with Crippen molar-refractivity contribution in [2.24, 2.45) is 5.41 Å². The summed E-state index contributed by atoms with van der Waals surface area (Å²) in [5, 5.41) is 0. The van der Waals surface area contributed by atoms with E-state index in [4.69, 9.17) is 0 Å². The second-order valence-corrected chi connectivity index (χ2v) is 15.0. The number of carbonyl (C=O) groups is 2. The summed E-state index contributed by atoms with van der Waals surface area (Å²) in [5.74, 6) is -0.895. The molecule has 0 heterocycles. The van der Waals surface area contributed by atoms with Crippen LogP contribution in [-0.4, -0.2) is 37.6 Å². The zero-order valence-corrected chi connectivity index (χ0v) is 28.0. The van der Waals surface area contributed by atoms with Crippen LogP contribution >= 0.6 is 47.8 Å². The average Bonchev–Trinajstić information content (AvgIpc) is 2.86. The number of halogens is 3. The van der Waals surface area contributed by atoms with Gasteiger partial charge in [-0.05, 0) is 103 Å². The predicted octanol–water partition coefficient (Wildman–Crippen LogP) is 7.97. The number of amides is 2. The molecule has 6 nitrogen and oxygen atoms in total. The van der Waals surface area contributed by atoms with Crippen molar-refractivity contribution in [1.29, 1.82) is 0 Å². The van der Waals surface area contributed by atoms with Crippen LogP contribution < -0.4 is 4.90 Å². The van der Waals surface area contributed by atoms with Gasteiger partial charge >= 0.3 is 0 Å². The summed E-state index contributed by atoms with van der Waals surface area (Å²) in [6.07, 6.45) is 0.254. The molecule has 0 saturated heterocycles. The van der Waals surface area contributed by atoms with Gasteiger partial charge in [-0.3, -0.25) is 9.59 Å². The van der Waals surface area contributed by atoms with Gasteiger partial charge < -0.3 is 4.90 Å². The van der Waals surface area contributed by atoms with Gasteiger partial charge in [-0.15, -0.1) is 0 Å². The minimum absolute atomic E-state index is 0.0364. The van der Waals surface area contributed by atoms with E-state index in [0.29, 0.717) is 17.7 Å². The zero-order valence-electron chi connectivity index (χ0n) is 22.4. The fourth-order valence-corrected chi connectivity index (χ4v) is 6.72. The monoisotopic (exact) mass is 740 g/mol. The maximum atomic E-state index is 14.0. The summed E-state index contributed by atoms with van der Waals surface area (Å²) in [6.45, 7) is 7.93. The first kappa shape index (κ1) is 31.5. The lowest BCUT2D eigenvalue weighted by Crippen LogP contribution is -2.46. The Morgan fingerprint density at radius 1 is 0.897 bits per heavy atom. The summed E-state index contributed by atoms with van der Waals surface area (Å²) in [4.78, 5) is 29.3. The van der Waals surface area contributed by atoms with Crippen molar-refractivity contribution in [3.63, 3.8) is 0 Å². The highest BCUT2D eigenvalue weighted by atomic mass is 79.9. The standard InChI is InChI=1S/C29H31Br3N2O4S/c1-19-11-13-23(14-12-19)39(37,38)33(5)26(35)17-22(18-29(2,3)4)34(28(36)20-9-7-6-8-10-20)21-15-24(30)27(32)25(31)16-21/h6-16,22H,17-18H2,1-5H3/t22-/m1/s1. The number of anilines is 1. The summed E-state index contributed by atoms with van der Waals surface area (Å²) in [5.41, 5.74) is 1.66. The van der Waals surface area contributed by atoms with Crippen molar-refractivity contribution in [3.05, 3.63) is 91.3 Å². The predicted molar refractivity (Wildman–Crippen MR) is 166 cm³/mol. The van der Waals surface area contributed by atoms with Crippen LogP contribution in [0.3, 0.4) is 0 Å². The van der Waals surface area contributed by atoms with E-state index in [-0.39, 0.29) is 22.6 Å². The third-order valence-corrected chi connectivity index (χ3v) is 11.1. The van der Waals surface area contributed by atoms with Crippen molar-refractivity contribution in [1.82, 2.24) is 4.31 Å². The van der Waals surface area contributed by atoms with Crippen LogP contribution in [0.2, 0.25) is 0 Å². The number of rotatable bonds is 8. The Morgan fingerprint density at radius 3 is 1.95 bits per heavy atom. The maximum Gasteiger partial charge on any atom is 0.266 e. The molecule has 3 aromatic carbocycles. The van der Waals surface area contributed by atoms with E-state index in [0.717, 1.165) is 23.3 Å². The number of carbonyl (C=O) groups excluding carboxylic acids is 2. The molecular weight excluding hydrogens is 712 g/mol. The third kappa shape index (κ3) is 7.80. The van der Waals surface area contributed by atoms with Crippen LogP contribution in [0, 0.1) is 12.3 Å². The smallest absolute Gasteiger partial charge is 0.266 e. The van der Waals surface area contributed by atoms with Crippen LogP contribution in [0.25, 0.3) is 0 Å². The van der Waals surface area contributed by atoms with Crippen LogP contribution in [0.15, 0.2) is 85.0 Å². The Labute approximate surface area is 256 Å². The topological polar surface area (TPSA) is 74.8 Å². The van der Waals surface area contributed by atoms with Gasteiger partial charge in [0.1, 0.15) is 0 Å². The molecule has 0 bridgehead atoms. The number of hydrogen-bond donors (Lipinski definition) is 0. The quantitative estimate of drug-likeness (QED) is 0.220. The van der Waals surface area contributed by atoms with E-state index in [1.165, 1.54) is 19.2 Å². The highest BCUT2D eigenvalue weighted by Crippen LogP contribution is 2.38. The molecule has 3 rings (SSSR count). The van der Waals surface area contributed by atoms with E-state index < -0.39 is 22.0 Å². The average molecular weight is 743 g/mol. The Balaban J connectivity index is 2.09. The lowest BCUT2D eigenvalue weighted by Gasteiger charge is -2.36. The summed E-state index contributed by atoms with van der Waals surface area (Å²) in [7, 11) is -2.80. The maximum absolute atomic E-state index is 14.0. The van der Waals surface area contributed by atoms with Gasteiger partial charge in [-0.2, -0.15) is 0 Å². The first-order chi connectivity index (χ1) is 18.1. The lowest BCUT2D eigenvalue weighted by molar-refractivity contribution is -0.126. The minimum Gasteiger partial charge on any atom is -0.305 e. The molecular formula is C29H31Br3N2O4S. The Hall–Kier alpha value is -2.01. The normalized spacial score (nSPS) is 12.6. The molecule has 0 radical (unpaired) electrons. The summed E-state index contributed by atoms with van der Waals surface area (Å²) < 4.78 is 29.6. The first-order valence-electron chi connectivity index (χ1n) is 12.2. The molecule has 208 valence electrons. The van der Waals surface area contributed by atoms with E-state index in [2.05, 4.69) is 47.8 Å². The Bertz CT molecular complexity index is 1430. The van der Waals surface area contributed by atoms with Crippen LogP contribution in [0.1, 0.15) is 49.5 Å². The largest absolute Gasteiger partial charge is 0.305 e. The number of nitrogens with zero attached hydrogens (tertiary/aromatic N) is 2.